The van der Waals surface area contributed by atoms with Crippen molar-refractivity contribution in [2.45, 2.75) is 13.8 Å². The van der Waals surface area contributed by atoms with Crippen LogP contribution in [0.2, 0.25) is 0 Å². The van der Waals surface area contributed by atoms with Crippen LogP contribution in [0.4, 0.5) is 5.82 Å². The van der Waals surface area contributed by atoms with E-state index in [1.54, 1.807) is 0 Å². The first-order chi connectivity index (χ1) is 6.59. The predicted molar refractivity (Wildman–Crippen MR) is 53.6 cm³/mol. The Balaban J connectivity index is 2.61. The molecule has 0 fully saturated rings. The van der Waals surface area contributed by atoms with Gasteiger partial charge in [-0.15, -0.1) is 0 Å². The fraction of sp³-hybridized carbons (Fsp3) is 0.444. The number of nitrogens with one attached hydrogen (secondary N) is 1. The van der Waals surface area contributed by atoms with Crippen molar-refractivity contribution in [3.05, 3.63) is 18.1 Å². The van der Waals surface area contributed by atoms with Crippen LogP contribution < -0.4 is 11.1 Å². The number of aromatic nitrogens is 2. The Kier molecular flexibility index (Phi) is 3.39. The van der Waals surface area contributed by atoms with Gasteiger partial charge in [-0.2, -0.15) is 0 Å². The van der Waals surface area contributed by atoms with Crippen LogP contribution in [0.5, 0.6) is 0 Å². The van der Waals surface area contributed by atoms with E-state index in [-0.39, 0.29) is 17.4 Å². The molecule has 0 aliphatic heterocycles. The summed E-state index contributed by atoms with van der Waals surface area (Å²) in [5, 5.41) is 2.73. The van der Waals surface area contributed by atoms with Crippen LogP contribution in [-0.4, -0.2) is 22.4 Å². The lowest BCUT2D eigenvalue weighted by Crippen LogP contribution is -2.28. The van der Waals surface area contributed by atoms with Crippen LogP contribution in [0.1, 0.15) is 24.3 Å². The molecular weight excluding hydrogens is 180 g/mol. The summed E-state index contributed by atoms with van der Waals surface area (Å²) >= 11 is 0. The van der Waals surface area contributed by atoms with Crippen LogP contribution in [0.3, 0.4) is 0 Å². The monoisotopic (exact) mass is 194 g/mol. The standard InChI is InChI=1S/C9H14N4O/c1-6(2)3-12-9(14)7-4-11-5-8(10)13-7/h4-6H,3H2,1-2H3,(H2,10,13)(H,12,14). The zero-order valence-electron chi connectivity index (χ0n) is 8.32. The Bertz CT molecular complexity index is 324. The summed E-state index contributed by atoms with van der Waals surface area (Å²) in [5.74, 6) is 0.425. The second kappa shape index (κ2) is 4.55. The van der Waals surface area contributed by atoms with Gasteiger partial charge in [-0.1, -0.05) is 13.8 Å². The predicted octanol–water partition coefficient (Wildman–Crippen LogP) is 0.445. The first-order valence-electron chi connectivity index (χ1n) is 4.45. The highest BCUT2D eigenvalue weighted by Crippen LogP contribution is 1.97. The molecule has 0 saturated heterocycles. The van der Waals surface area contributed by atoms with Crippen molar-refractivity contribution in [1.29, 1.82) is 0 Å². The first kappa shape index (κ1) is 10.4. The van der Waals surface area contributed by atoms with Crippen molar-refractivity contribution < 1.29 is 4.79 Å². The Morgan fingerprint density at radius 1 is 1.57 bits per heavy atom. The molecule has 3 N–H and O–H groups in total. The number of hydrogen-bond acceptors (Lipinski definition) is 4. The van der Waals surface area contributed by atoms with E-state index >= 15 is 0 Å². The molecule has 0 aromatic carbocycles. The van der Waals surface area contributed by atoms with Gasteiger partial charge >= 0.3 is 0 Å². The Morgan fingerprint density at radius 2 is 2.29 bits per heavy atom. The average molecular weight is 194 g/mol. The molecule has 1 aromatic rings. The second-order valence-electron chi connectivity index (χ2n) is 3.43. The Morgan fingerprint density at radius 3 is 2.86 bits per heavy atom. The van der Waals surface area contributed by atoms with Gasteiger partial charge in [0.25, 0.3) is 5.91 Å². The van der Waals surface area contributed by atoms with Gasteiger partial charge in [0.2, 0.25) is 0 Å². The second-order valence-corrected chi connectivity index (χ2v) is 3.43. The summed E-state index contributed by atoms with van der Waals surface area (Å²) in [6.45, 7) is 4.66. The van der Waals surface area contributed by atoms with Crippen molar-refractivity contribution in [1.82, 2.24) is 15.3 Å². The van der Waals surface area contributed by atoms with Gasteiger partial charge in [0.05, 0.1) is 12.4 Å². The summed E-state index contributed by atoms with van der Waals surface area (Å²) in [7, 11) is 0. The zero-order valence-corrected chi connectivity index (χ0v) is 8.32. The zero-order chi connectivity index (χ0) is 10.6. The fourth-order valence-corrected chi connectivity index (χ4v) is 0.878. The maximum atomic E-state index is 11.4. The third-order valence-electron chi connectivity index (χ3n) is 1.56. The van der Waals surface area contributed by atoms with Crippen LogP contribution in [0, 0.1) is 5.92 Å². The molecule has 76 valence electrons. The lowest BCUT2D eigenvalue weighted by molar-refractivity contribution is 0.0943. The molecule has 0 aliphatic carbocycles. The van der Waals surface area contributed by atoms with E-state index in [4.69, 9.17) is 5.73 Å². The molecule has 1 heterocycles. The molecule has 0 bridgehead atoms. The minimum Gasteiger partial charge on any atom is -0.382 e. The highest BCUT2D eigenvalue weighted by Gasteiger charge is 2.07. The molecule has 5 heteroatoms. The molecular formula is C9H14N4O. The maximum Gasteiger partial charge on any atom is 0.271 e. The average Bonchev–Trinajstić information content (AvgIpc) is 2.14. The largest absolute Gasteiger partial charge is 0.382 e. The quantitative estimate of drug-likeness (QED) is 0.731. The third-order valence-corrected chi connectivity index (χ3v) is 1.56. The molecule has 0 atom stereocenters. The first-order valence-corrected chi connectivity index (χ1v) is 4.45. The summed E-state index contributed by atoms with van der Waals surface area (Å²) in [6, 6.07) is 0. The van der Waals surface area contributed by atoms with E-state index in [2.05, 4.69) is 15.3 Å². The SMILES string of the molecule is CC(C)CNC(=O)c1cncc(N)n1. The van der Waals surface area contributed by atoms with E-state index in [9.17, 15) is 4.79 Å². The van der Waals surface area contributed by atoms with Gasteiger partial charge < -0.3 is 11.1 Å². The number of nitrogens with two attached hydrogens (primary N) is 1. The van der Waals surface area contributed by atoms with Gasteiger partial charge in [0, 0.05) is 6.54 Å². The van der Waals surface area contributed by atoms with Gasteiger partial charge in [-0.25, -0.2) is 4.98 Å². The molecule has 0 unspecified atom stereocenters. The van der Waals surface area contributed by atoms with E-state index < -0.39 is 0 Å². The smallest absolute Gasteiger partial charge is 0.271 e. The number of nitrogens with zero attached hydrogens (tertiary/aromatic N) is 2. The van der Waals surface area contributed by atoms with Crippen molar-refractivity contribution in [3.8, 4) is 0 Å². The highest BCUT2D eigenvalue weighted by atomic mass is 16.1. The van der Waals surface area contributed by atoms with Gasteiger partial charge in [0.15, 0.2) is 0 Å². The van der Waals surface area contributed by atoms with E-state index in [1.807, 2.05) is 13.8 Å². The van der Waals surface area contributed by atoms with Crippen LogP contribution in [-0.2, 0) is 0 Å². The van der Waals surface area contributed by atoms with Gasteiger partial charge in [-0.05, 0) is 5.92 Å². The summed E-state index contributed by atoms with van der Waals surface area (Å²) < 4.78 is 0. The summed E-state index contributed by atoms with van der Waals surface area (Å²) in [6.07, 6.45) is 2.80. The lowest BCUT2D eigenvalue weighted by atomic mass is 10.2. The molecule has 0 radical (unpaired) electrons. The van der Waals surface area contributed by atoms with Gasteiger partial charge in [0.1, 0.15) is 11.5 Å². The molecule has 5 nitrogen and oxygen atoms in total. The Hall–Kier alpha value is -1.65. The van der Waals surface area contributed by atoms with Crippen molar-refractivity contribution in [2.24, 2.45) is 5.92 Å². The van der Waals surface area contributed by atoms with E-state index in [0.29, 0.717) is 12.5 Å². The van der Waals surface area contributed by atoms with Crippen molar-refractivity contribution in [3.63, 3.8) is 0 Å². The molecule has 1 amide bonds. The lowest BCUT2D eigenvalue weighted by Gasteiger charge is -2.06. The minimum absolute atomic E-state index is 0.237. The molecule has 0 spiro atoms. The topological polar surface area (TPSA) is 80.9 Å². The molecule has 0 aliphatic rings. The van der Waals surface area contributed by atoms with Crippen LogP contribution in [0.15, 0.2) is 12.4 Å². The molecule has 0 saturated carbocycles. The normalized spacial score (nSPS) is 10.2. The number of amides is 1. The van der Waals surface area contributed by atoms with Crippen molar-refractivity contribution in [2.75, 3.05) is 12.3 Å². The number of nitrogen functional groups attached to an aromatic ring is 1. The Labute approximate surface area is 82.7 Å². The van der Waals surface area contributed by atoms with Crippen molar-refractivity contribution >= 4 is 11.7 Å². The number of hydrogen-bond donors (Lipinski definition) is 2. The molecule has 14 heavy (non-hydrogen) atoms. The number of rotatable bonds is 3. The number of carbonyl (C=O) groups excluding carboxylic acids is 1. The third kappa shape index (κ3) is 3.01. The summed E-state index contributed by atoms with van der Waals surface area (Å²) in [4.78, 5) is 19.1. The summed E-state index contributed by atoms with van der Waals surface area (Å²) in [5.41, 5.74) is 5.65. The van der Waals surface area contributed by atoms with E-state index in [1.165, 1.54) is 12.4 Å². The van der Waals surface area contributed by atoms with Crippen LogP contribution in [0.25, 0.3) is 0 Å². The fourth-order valence-electron chi connectivity index (χ4n) is 0.878. The number of anilines is 1. The highest BCUT2D eigenvalue weighted by molar-refractivity contribution is 5.92. The van der Waals surface area contributed by atoms with E-state index in [0.717, 1.165) is 0 Å². The molecule has 1 rings (SSSR count). The minimum atomic E-state index is -0.237. The number of carbonyl (C=O) groups is 1. The van der Waals surface area contributed by atoms with Crippen LogP contribution >= 0.6 is 0 Å². The molecule has 1 aromatic heterocycles. The van der Waals surface area contributed by atoms with Gasteiger partial charge in [-0.3, -0.25) is 9.78 Å². The maximum absolute atomic E-state index is 11.4.